The van der Waals surface area contributed by atoms with Crippen molar-refractivity contribution in [2.24, 2.45) is 0 Å². The van der Waals surface area contributed by atoms with Crippen LogP contribution in [0.2, 0.25) is 19.1 Å². The van der Waals surface area contributed by atoms with Crippen LogP contribution in [-0.4, -0.2) is 12.5 Å². The van der Waals surface area contributed by atoms with E-state index in [2.05, 4.69) is 66.0 Å². The van der Waals surface area contributed by atoms with E-state index in [0.29, 0.717) is 0 Å². The monoisotopic (exact) mass is 318 g/mol. The van der Waals surface area contributed by atoms with E-state index in [0.717, 1.165) is 0 Å². The van der Waals surface area contributed by atoms with Crippen LogP contribution in [0.3, 0.4) is 0 Å². The van der Waals surface area contributed by atoms with E-state index in [-0.39, 0.29) is 0 Å². The molecule has 0 nitrogen and oxygen atoms in total. The summed E-state index contributed by atoms with van der Waals surface area (Å²) in [6, 6.07) is 12.5. The fraction of sp³-hybridized carbons (Fsp3) is 0.500. The summed E-state index contributed by atoms with van der Waals surface area (Å²) in [5, 5.41) is 1.61. The third kappa shape index (κ3) is 3.73. The molecule has 0 aromatic heterocycles. The summed E-state index contributed by atoms with van der Waals surface area (Å²) in [6.07, 6.45) is 2.78. The molecule has 0 bridgehead atoms. The maximum absolute atomic E-state index is 2.48. The lowest BCUT2D eigenvalue weighted by atomic mass is 10.4. The Balaban J connectivity index is 2.56. The molecule has 0 N–H and O–H groups in total. The van der Waals surface area contributed by atoms with Crippen molar-refractivity contribution in [2.45, 2.75) is 32.0 Å². The maximum atomic E-state index is 2.48. The van der Waals surface area contributed by atoms with Crippen molar-refractivity contribution in [2.75, 3.05) is 4.43 Å². The second kappa shape index (κ2) is 5.91. The Kier molecular flexibility index (Phi) is 5.16. The largest absolute Gasteiger partial charge is 0.0864 e. The third-order valence-corrected chi connectivity index (χ3v) is 7.00. The second-order valence-electron chi connectivity index (χ2n) is 4.40. The summed E-state index contributed by atoms with van der Waals surface area (Å²) in [4.78, 5) is 0. The average Bonchev–Trinajstić information content (AvgIpc) is 2.19. The Hall–Kier alpha value is 0.167. The molecule has 14 heavy (non-hydrogen) atoms. The van der Waals surface area contributed by atoms with E-state index in [1.165, 1.54) is 23.3 Å². The van der Waals surface area contributed by atoms with E-state index in [4.69, 9.17) is 0 Å². The fourth-order valence-corrected chi connectivity index (χ4v) is 4.75. The van der Waals surface area contributed by atoms with Gasteiger partial charge >= 0.3 is 0 Å². The zero-order chi connectivity index (χ0) is 10.4. The van der Waals surface area contributed by atoms with Gasteiger partial charge in [-0.05, 0) is 10.8 Å². The minimum atomic E-state index is -1.12. The van der Waals surface area contributed by atoms with Crippen LogP contribution in [0, 0.1) is 0 Å². The van der Waals surface area contributed by atoms with Gasteiger partial charge in [-0.2, -0.15) is 0 Å². The quantitative estimate of drug-likeness (QED) is 0.335. The van der Waals surface area contributed by atoms with Crippen molar-refractivity contribution in [1.29, 1.82) is 0 Å². The van der Waals surface area contributed by atoms with Crippen LogP contribution in [0.15, 0.2) is 30.3 Å². The van der Waals surface area contributed by atoms with Gasteiger partial charge in [-0.15, -0.1) is 0 Å². The highest BCUT2D eigenvalue weighted by atomic mass is 127. The van der Waals surface area contributed by atoms with Crippen molar-refractivity contribution in [3.8, 4) is 0 Å². The third-order valence-electron chi connectivity index (χ3n) is 2.74. The first-order valence-corrected chi connectivity index (χ1v) is 10.0. The number of unbranched alkanes of at least 4 members (excludes halogenated alkanes) is 1. The Bertz CT molecular complexity index is 256. The van der Waals surface area contributed by atoms with Crippen LogP contribution in [-0.2, 0) is 0 Å². The Morgan fingerprint density at radius 1 is 1.07 bits per heavy atom. The Labute approximate surface area is 102 Å². The molecule has 0 atom stereocenters. The molecule has 0 aliphatic carbocycles. The highest BCUT2D eigenvalue weighted by Gasteiger charge is 2.21. The number of halogens is 1. The molecule has 0 saturated heterocycles. The van der Waals surface area contributed by atoms with Crippen molar-refractivity contribution < 1.29 is 0 Å². The number of rotatable bonds is 5. The van der Waals surface area contributed by atoms with Gasteiger partial charge < -0.3 is 0 Å². The van der Waals surface area contributed by atoms with Gasteiger partial charge in [0.2, 0.25) is 0 Å². The Morgan fingerprint density at radius 3 is 2.29 bits per heavy atom. The molecule has 0 fully saturated rings. The Morgan fingerprint density at radius 2 is 1.71 bits per heavy atom. The smallest absolute Gasteiger partial charge is 0.0806 e. The van der Waals surface area contributed by atoms with Gasteiger partial charge in [-0.1, -0.05) is 83.7 Å². The van der Waals surface area contributed by atoms with E-state index < -0.39 is 8.07 Å². The molecular formula is C12H19ISi. The topological polar surface area (TPSA) is 0 Å². The van der Waals surface area contributed by atoms with Gasteiger partial charge in [0.25, 0.3) is 0 Å². The fourth-order valence-electron chi connectivity index (χ4n) is 1.70. The normalized spacial score (nSPS) is 11.6. The summed E-state index contributed by atoms with van der Waals surface area (Å²) in [5.41, 5.74) is 0. The number of hydrogen-bond donors (Lipinski definition) is 0. The van der Waals surface area contributed by atoms with Gasteiger partial charge in [0.1, 0.15) is 0 Å². The van der Waals surface area contributed by atoms with Crippen molar-refractivity contribution in [3.05, 3.63) is 30.3 Å². The van der Waals surface area contributed by atoms with E-state index in [1.54, 1.807) is 5.19 Å². The highest BCUT2D eigenvalue weighted by Crippen LogP contribution is 2.14. The predicted molar refractivity (Wildman–Crippen MR) is 76.5 cm³/mol. The molecule has 78 valence electrons. The zero-order valence-electron chi connectivity index (χ0n) is 9.09. The van der Waals surface area contributed by atoms with Gasteiger partial charge in [0.05, 0.1) is 8.07 Å². The standard InChI is InChI=1S/C12H19ISi/c1-14(2,11-7-6-10-13)12-8-4-3-5-9-12/h3-5,8-9H,6-7,10-11H2,1-2H3. The molecular weight excluding hydrogens is 299 g/mol. The zero-order valence-corrected chi connectivity index (χ0v) is 12.3. The maximum Gasteiger partial charge on any atom is 0.0806 e. The first-order valence-electron chi connectivity index (χ1n) is 5.28. The van der Waals surface area contributed by atoms with Crippen LogP contribution in [0.5, 0.6) is 0 Å². The summed E-state index contributed by atoms with van der Waals surface area (Å²) in [7, 11) is -1.12. The highest BCUT2D eigenvalue weighted by molar-refractivity contribution is 14.1. The summed E-state index contributed by atoms with van der Waals surface area (Å²) >= 11 is 2.47. The molecule has 0 heterocycles. The van der Waals surface area contributed by atoms with Crippen LogP contribution in [0.1, 0.15) is 12.8 Å². The summed E-state index contributed by atoms with van der Waals surface area (Å²) < 4.78 is 1.30. The number of alkyl halides is 1. The molecule has 0 radical (unpaired) electrons. The molecule has 1 rings (SSSR count). The molecule has 0 amide bonds. The lowest BCUT2D eigenvalue weighted by molar-refractivity contribution is 0.890. The van der Waals surface area contributed by atoms with Gasteiger partial charge in [-0.3, -0.25) is 0 Å². The van der Waals surface area contributed by atoms with Crippen molar-refractivity contribution >= 4 is 35.9 Å². The first kappa shape index (κ1) is 12.2. The van der Waals surface area contributed by atoms with E-state index >= 15 is 0 Å². The molecule has 0 spiro atoms. The molecule has 0 unspecified atom stereocenters. The van der Waals surface area contributed by atoms with Crippen LogP contribution < -0.4 is 5.19 Å². The van der Waals surface area contributed by atoms with Crippen LogP contribution >= 0.6 is 22.6 Å². The molecule has 2 heteroatoms. The van der Waals surface area contributed by atoms with Gasteiger partial charge in [-0.25, -0.2) is 0 Å². The summed E-state index contributed by atoms with van der Waals surface area (Å²) in [5.74, 6) is 0. The number of hydrogen-bond acceptors (Lipinski definition) is 0. The SMILES string of the molecule is C[Si](C)(CCCCI)c1ccccc1. The molecule has 0 aliphatic heterocycles. The second-order valence-corrected chi connectivity index (χ2v) is 10.3. The average molecular weight is 318 g/mol. The predicted octanol–water partition coefficient (Wildman–Crippen LogP) is 3.82. The van der Waals surface area contributed by atoms with Gasteiger partial charge in [0.15, 0.2) is 0 Å². The molecule has 1 aromatic rings. The van der Waals surface area contributed by atoms with E-state index in [9.17, 15) is 0 Å². The van der Waals surface area contributed by atoms with Gasteiger partial charge in [0, 0.05) is 0 Å². The van der Waals surface area contributed by atoms with Crippen molar-refractivity contribution in [3.63, 3.8) is 0 Å². The van der Waals surface area contributed by atoms with Crippen LogP contribution in [0.4, 0.5) is 0 Å². The van der Waals surface area contributed by atoms with Crippen molar-refractivity contribution in [1.82, 2.24) is 0 Å². The lowest BCUT2D eigenvalue weighted by Crippen LogP contribution is -2.40. The molecule has 1 aromatic carbocycles. The molecule has 0 saturated carbocycles. The lowest BCUT2D eigenvalue weighted by Gasteiger charge is -2.22. The minimum absolute atomic E-state index is 1.12. The van der Waals surface area contributed by atoms with Crippen LogP contribution in [0.25, 0.3) is 0 Å². The minimum Gasteiger partial charge on any atom is -0.0864 e. The van der Waals surface area contributed by atoms with E-state index in [1.807, 2.05) is 0 Å². The molecule has 0 aliphatic rings. The number of benzene rings is 1. The first-order chi connectivity index (χ1) is 6.67. The summed E-state index contributed by atoms with van der Waals surface area (Å²) in [6.45, 7) is 4.96.